The maximum absolute atomic E-state index is 10.5. The van der Waals surface area contributed by atoms with Gasteiger partial charge in [-0.3, -0.25) is 23.9 Å². The molecule has 0 atom stereocenters. The number of carbonyl (C=O) groups is 2. The molecular formula is C12H26N4O7S. The van der Waals surface area contributed by atoms with Crippen LogP contribution in [0.1, 0.15) is 0 Å². The fourth-order valence-corrected chi connectivity index (χ4v) is 2.36. The molecule has 11 nitrogen and oxygen atoms in total. The van der Waals surface area contributed by atoms with E-state index in [2.05, 4.69) is 10.2 Å². The van der Waals surface area contributed by atoms with Crippen LogP contribution in [0, 0.1) is 0 Å². The summed E-state index contributed by atoms with van der Waals surface area (Å²) in [4.78, 5) is 24.1. The molecule has 0 aromatic carbocycles. The first-order valence-corrected chi connectivity index (χ1v) is 8.98. The molecule has 1 rings (SSSR count). The van der Waals surface area contributed by atoms with Gasteiger partial charge in [-0.1, -0.05) is 0 Å². The van der Waals surface area contributed by atoms with Gasteiger partial charge in [-0.05, 0) is 0 Å². The number of amides is 1. The van der Waals surface area contributed by atoms with Gasteiger partial charge in [0.2, 0.25) is 5.91 Å². The second-order valence-electron chi connectivity index (χ2n) is 5.07. The van der Waals surface area contributed by atoms with Crippen molar-refractivity contribution >= 4 is 22.0 Å². The Labute approximate surface area is 141 Å². The highest BCUT2D eigenvalue weighted by Gasteiger charge is 2.17. The third-order valence-electron chi connectivity index (χ3n) is 3.17. The molecule has 0 aromatic rings. The highest BCUT2D eigenvalue weighted by atomic mass is 32.2. The summed E-state index contributed by atoms with van der Waals surface area (Å²) in [6.07, 6.45) is 0. The molecule has 0 aliphatic carbocycles. The lowest BCUT2D eigenvalue weighted by Crippen LogP contribution is -2.48. The lowest BCUT2D eigenvalue weighted by atomic mass is 10.3. The quantitative estimate of drug-likeness (QED) is 0.271. The zero-order chi connectivity index (χ0) is 18.6. The number of rotatable bonds is 8. The van der Waals surface area contributed by atoms with Crippen LogP contribution in [0.25, 0.3) is 0 Å². The molecule has 0 bridgehead atoms. The smallest absolute Gasteiger partial charge is 0.322 e. The number of nitrogens with zero attached hydrogens (tertiary/aromatic N) is 2. The van der Waals surface area contributed by atoms with Gasteiger partial charge in [-0.25, -0.2) is 0 Å². The Bertz CT molecular complexity index is 478. The number of β-amino-alcohol motifs (C(OH)–C–C–N with tert-alkyl or cyclic N) is 1. The van der Waals surface area contributed by atoms with E-state index >= 15 is 0 Å². The number of carboxylic acid groups (broad SMARTS) is 1. The molecule has 142 valence electrons. The van der Waals surface area contributed by atoms with Gasteiger partial charge in [0, 0.05) is 39.3 Å². The topological polar surface area (TPSA) is 174 Å². The van der Waals surface area contributed by atoms with Gasteiger partial charge in [0.25, 0.3) is 10.1 Å². The first-order valence-electron chi connectivity index (χ1n) is 7.37. The molecule has 0 spiro atoms. The number of aliphatic hydroxyl groups excluding tert-OH is 1. The maximum atomic E-state index is 10.5. The van der Waals surface area contributed by atoms with Crippen LogP contribution >= 0.6 is 0 Å². The number of aliphatic hydroxyl groups is 1. The number of nitrogens with two attached hydrogens (primary N) is 1. The Morgan fingerprint density at radius 1 is 1.08 bits per heavy atom. The van der Waals surface area contributed by atoms with Gasteiger partial charge in [0.15, 0.2) is 0 Å². The van der Waals surface area contributed by atoms with E-state index in [1.54, 1.807) is 0 Å². The summed E-state index contributed by atoms with van der Waals surface area (Å²) >= 11 is 0. The van der Waals surface area contributed by atoms with Crippen LogP contribution in [0.2, 0.25) is 0 Å². The molecule has 1 aliphatic rings. The summed E-state index contributed by atoms with van der Waals surface area (Å²) in [6.45, 7) is 3.93. The Morgan fingerprint density at radius 3 is 1.96 bits per heavy atom. The molecule has 0 saturated carbocycles. The predicted molar refractivity (Wildman–Crippen MR) is 86.1 cm³/mol. The van der Waals surface area contributed by atoms with Gasteiger partial charge >= 0.3 is 5.97 Å². The van der Waals surface area contributed by atoms with Crippen LogP contribution < -0.4 is 11.1 Å². The van der Waals surface area contributed by atoms with E-state index in [4.69, 9.17) is 20.5 Å². The standard InChI is InChI=1S/C8H18N2O4S.C4H8N2O3/c11-7-5-9-1-3-10(4-2-9)6-8-15(12,13)14;5-1-3(7)6-2-4(8)9/h11H,1-8H2,(H,12,13,14);1-2,5H2,(H,6,7)(H,8,9). The van der Waals surface area contributed by atoms with E-state index in [9.17, 15) is 18.0 Å². The monoisotopic (exact) mass is 370 g/mol. The van der Waals surface area contributed by atoms with Gasteiger partial charge in [-0.15, -0.1) is 0 Å². The van der Waals surface area contributed by atoms with Crippen molar-refractivity contribution < 1.29 is 32.8 Å². The van der Waals surface area contributed by atoms with Crippen molar-refractivity contribution in [1.82, 2.24) is 15.1 Å². The van der Waals surface area contributed by atoms with E-state index in [0.717, 1.165) is 26.2 Å². The number of piperazine rings is 1. The summed E-state index contributed by atoms with van der Waals surface area (Å²) < 4.78 is 29.6. The van der Waals surface area contributed by atoms with Crippen molar-refractivity contribution in [1.29, 1.82) is 0 Å². The summed E-state index contributed by atoms with van der Waals surface area (Å²) in [7, 11) is -3.84. The molecule has 1 aliphatic heterocycles. The van der Waals surface area contributed by atoms with Crippen LogP contribution in [0.15, 0.2) is 0 Å². The minimum absolute atomic E-state index is 0.158. The largest absolute Gasteiger partial charge is 0.480 e. The number of nitrogens with one attached hydrogen (secondary N) is 1. The molecule has 1 amide bonds. The van der Waals surface area contributed by atoms with Gasteiger partial charge in [0.05, 0.1) is 18.9 Å². The van der Waals surface area contributed by atoms with E-state index in [1.165, 1.54) is 0 Å². The molecular weight excluding hydrogens is 344 g/mol. The first-order chi connectivity index (χ1) is 11.2. The second kappa shape index (κ2) is 12.1. The van der Waals surface area contributed by atoms with Crippen LogP contribution in [0.5, 0.6) is 0 Å². The van der Waals surface area contributed by atoms with Crippen LogP contribution in [0.3, 0.4) is 0 Å². The van der Waals surface area contributed by atoms with E-state index in [1.807, 2.05) is 4.90 Å². The molecule has 1 fully saturated rings. The molecule has 6 N–H and O–H groups in total. The Morgan fingerprint density at radius 2 is 1.58 bits per heavy atom. The van der Waals surface area contributed by atoms with Gasteiger partial charge < -0.3 is 21.3 Å². The first kappa shape index (κ1) is 22.7. The lowest BCUT2D eigenvalue weighted by molar-refractivity contribution is -0.137. The van der Waals surface area contributed by atoms with Crippen molar-refractivity contribution in [3.8, 4) is 0 Å². The third-order valence-corrected chi connectivity index (χ3v) is 3.87. The average Bonchev–Trinajstić information content (AvgIpc) is 2.52. The van der Waals surface area contributed by atoms with Crippen molar-refractivity contribution in [2.45, 2.75) is 0 Å². The SMILES string of the molecule is NCC(=O)NCC(=O)O.O=S(=O)(O)CCN1CCN(CCO)CC1. The molecule has 0 radical (unpaired) electrons. The highest BCUT2D eigenvalue weighted by Crippen LogP contribution is 2.01. The molecule has 12 heteroatoms. The summed E-state index contributed by atoms with van der Waals surface area (Å²) in [6, 6.07) is 0. The minimum atomic E-state index is -3.84. The zero-order valence-electron chi connectivity index (χ0n) is 13.4. The Balaban J connectivity index is 0.000000506. The number of aliphatic carboxylic acids is 1. The third kappa shape index (κ3) is 13.2. The number of hydrogen-bond acceptors (Lipinski definition) is 8. The van der Waals surface area contributed by atoms with Crippen molar-refractivity contribution in [3.05, 3.63) is 0 Å². The van der Waals surface area contributed by atoms with Crippen molar-refractivity contribution in [3.63, 3.8) is 0 Å². The maximum Gasteiger partial charge on any atom is 0.322 e. The molecule has 0 unspecified atom stereocenters. The molecule has 1 saturated heterocycles. The summed E-state index contributed by atoms with van der Waals surface area (Å²) in [5.41, 5.74) is 4.85. The lowest BCUT2D eigenvalue weighted by Gasteiger charge is -2.33. The fraction of sp³-hybridized carbons (Fsp3) is 0.833. The van der Waals surface area contributed by atoms with Crippen LogP contribution in [0.4, 0.5) is 0 Å². The van der Waals surface area contributed by atoms with Crippen LogP contribution in [-0.2, 0) is 19.7 Å². The Hall–Kier alpha value is -1.31. The zero-order valence-corrected chi connectivity index (χ0v) is 14.2. The fourth-order valence-electron chi connectivity index (χ4n) is 1.87. The minimum Gasteiger partial charge on any atom is -0.480 e. The van der Waals surface area contributed by atoms with Crippen molar-refractivity contribution in [2.75, 3.05) is 64.7 Å². The molecule has 24 heavy (non-hydrogen) atoms. The molecule has 1 heterocycles. The van der Waals surface area contributed by atoms with Crippen LogP contribution in [-0.4, -0.2) is 110 Å². The van der Waals surface area contributed by atoms with Gasteiger partial charge in [0.1, 0.15) is 6.54 Å². The molecule has 0 aromatic heterocycles. The normalized spacial score (nSPS) is 16.1. The number of carbonyl (C=O) groups excluding carboxylic acids is 1. The number of carboxylic acids is 1. The number of hydrogen-bond donors (Lipinski definition) is 5. The van der Waals surface area contributed by atoms with E-state index in [0.29, 0.717) is 13.1 Å². The summed E-state index contributed by atoms with van der Waals surface area (Å²) in [5.74, 6) is -1.73. The van der Waals surface area contributed by atoms with Crippen molar-refractivity contribution in [2.24, 2.45) is 5.73 Å². The highest BCUT2D eigenvalue weighted by molar-refractivity contribution is 7.85. The summed E-state index contributed by atoms with van der Waals surface area (Å²) in [5, 5.41) is 18.8. The predicted octanol–water partition coefficient (Wildman–Crippen LogP) is -3.37. The second-order valence-corrected chi connectivity index (χ2v) is 6.64. The average molecular weight is 370 g/mol. The van der Waals surface area contributed by atoms with Gasteiger partial charge in [-0.2, -0.15) is 8.42 Å². The van der Waals surface area contributed by atoms with E-state index < -0.39 is 22.0 Å². The Kier molecular flexibility index (Phi) is 11.4. The van der Waals surface area contributed by atoms with E-state index in [-0.39, 0.29) is 25.4 Å².